The highest BCUT2D eigenvalue weighted by molar-refractivity contribution is 5.76. The number of hydrogen-bond donors (Lipinski definition) is 0. The highest BCUT2D eigenvalue weighted by atomic mass is 16.5. The van der Waals surface area contributed by atoms with Crippen molar-refractivity contribution < 1.29 is 9.53 Å². The van der Waals surface area contributed by atoms with E-state index in [1.165, 1.54) is 38.5 Å². The van der Waals surface area contributed by atoms with Crippen LogP contribution in [-0.4, -0.2) is 37.1 Å². The summed E-state index contributed by atoms with van der Waals surface area (Å²) in [6.45, 7) is 5.53. The first kappa shape index (κ1) is 14.5. The van der Waals surface area contributed by atoms with Gasteiger partial charge in [0.25, 0.3) is 0 Å². The fraction of sp³-hybridized carbons (Fsp3) is 0.929. The Morgan fingerprint density at radius 1 is 1.06 bits per heavy atom. The molecular weight excluding hydrogens is 214 g/mol. The van der Waals surface area contributed by atoms with E-state index in [0.717, 1.165) is 26.1 Å². The zero-order valence-electron chi connectivity index (χ0n) is 11.2. The predicted octanol–water partition coefficient (Wildman–Crippen LogP) is 2.99. The zero-order chi connectivity index (χ0) is 12.3. The minimum atomic E-state index is 0.276. The number of carbonyl (C=O) groups excluding carboxylic acids is 1. The monoisotopic (exact) mass is 241 g/mol. The van der Waals surface area contributed by atoms with Gasteiger partial charge in [0.05, 0.1) is 13.0 Å². The highest BCUT2D eigenvalue weighted by Crippen LogP contribution is 2.09. The van der Waals surface area contributed by atoms with E-state index in [0.29, 0.717) is 13.0 Å². The van der Waals surface area contributed by atoms with Crippen molar-refractivity contribution in [2.24, 2.45) is 0 Å². The fourth-order valence-corrected chi connectivity index (χ4v) is 2.19. The molecule has 0 bridgehead atoms. The molecule has 0 radical (unpaired) electrons. The second-order valence-corrected chi connectivity index (χ2v) is 4.86. The maximum absolute atomic E-state index is 11.8. The summed E-state index contributed by atoms with van der Waals surface area (Å²) in [6.07, 6.45) is 9.10. The van der Waals surface area contributed by atoms with Crippen LogP contribution in [0.1, 0.15) is 58.3 Å². The van der Waals surface area contributed by atoms with Gasteiger partial charge in [-0.2, -0.15) is 0 Å². The molecule has 0 aromatic rings. The molecule has 100 valence electrons. The molecule has 0 aromatic heterocycles. The molecule has 1 saturated heterocycles. The quantitative estimate of drug-likeness (QED) is 0.611. The molecule has 1 rings (SSSR count). The predicted molar refractivity (Wildman–Crippen MR) is 70.0 cm³/mol. The van der Waals surface area contributed by atoms with Gasteiger partial charge >= 0.3 is 0 Å². The molecule has 0 aromatic carbocycles. The Bertz CT molecular complexity index is 200. The summed E-state index contributed by atoms with van der Waals surface area (Å²) >= 11 is 0. The Morgan fingerprint density at radius 3 is 2.53 bits per heavy atom. The summed E-state index contributed by atoms with van der Waals surface area (Å²) in [5.41, 5.74) is 0. The summed E-state index contributed by atoms with van der Waals surface area (Å²) in [5.74, 6) is 0.276. The second-order valence-electron chi connectivity index (χ2n) is 4.86. The molecule has 0 aliphatic carbocycles. The average molecular weight is 241 g/mol. The van der Waals surface area contributed by atoms with Gasteiger partial charge in [0, 0.05) is 19.7 Å². The van der Waals surface area contributed by atoms with Crippen molar-refractivity contribution in [1.29, 1.82) is 0 Å². The van der Waals surface area contributed by atoms with Crippen molar-refractivity contribution in [2.45, 2.75) is 58.3 Å². The van der Waals surface area contributed by atoms with Crippen LogP contribution in [0.3, 0.4) is 0 Å². The van der Waals surface area contributed by atoms with Gasteiger partial charge in [-0.25, -0.2) is 0 Å². The molecule has 3 heteroatoms. The average Bonchev–Trinajstić information content (AvgIpc) is 2.38. The Morgan fingerprint density at radius 2 is 1.82 bits per heavy atom. The van der Waals surface area contributed by atoms with Gasteiger partial charge in [0.15, 0.2) is 0 Å². The van der Waals surface area contributed by atoms with Crippen molar-refractivity contribution in [1.82, 2.24) is 4.90 Å². The van der Waals surface area contributed by atoms with Crippen molar-refractivity contribution in [3.8, 4) is 0 Å². The van der Waals surface area contributed by atoms with Crippen LogP contribution in [-0.2, 0) is 9.53 Å². The molecule has 0 spiro atoms. The van der Waals surface area contributed by atoms with E-state index in [2.05, 4.69) is 6.92 Å². The third-order valence-corrected chi connectivity index (χ3v) is 3.31. The number of rotatable bonds is 8. The van der Waals surface area contributed by atoms with Crippen LogP contribution >= 0.6 is 0 Å². The summed E-state index contributed by atoms with van der Waals surface area (Å²) in [5, 5.41) is 0. The molecule has 1 aliphatic heterocycles. The van der Waals surface area contributed by atoms with Crippen LogP contribution in [0.2, 0.25) is 0 Å². The number of carbonyl (C=O) groups is 1. The SMILES string of the molecule is CCCCCCOCCC(=O)N1CCCCC1. The number of unbranched alkanes of at least 4 members (excludes halogenated alkanes) is 3. The lowest BCUT2D eigenvalue weighted by atomic mass is 10.1. The van der Waals surface area contributed by atoms with Crippen LogP contribution in [0.25, 0.3) is 0 Å². The third kappa shape index (κ3) is 6.67. The van der Waals surface area contributed by atoms with E-state index in [1.54, 1.807) is 0 Å². The molecule has 0 saturated carbocycles. The smallest absolute Gasteiger partial charge is 0.224 e. The minimum absolute atomic E-state index is 0.276. The first-order chi connectivity index (χ1) is 8.34. The van der Waals surface area contributed by atoms with Gasteiger partial charge in [0.1, 0.15) is 0 Å². The topological polar surface area (TPSA) is 29.5 Å². The van der Waals surface area contributed by atoms with Crippen molar-refractivity contribution in [2.75, 3.05) is 26.3 Å². The third-order valence-electron chi connectivity index (χ3n) is 3.31. The summed E-state index contributed by atoms with van der Waals surface area (Å²) in [4.78, 5) is 13.8. The van der Waals surface area contributed by atoms with E-state index in [4.69, 9.17) is 4.74 Å². The first-order valence-electron chi connectivity index (χ1n) is 7.20. The van der Waals surface area contributed by atoms with Crippen LogP contribution in [0.4, 0.5) is 0 Å². The van der Waals surface area contributed by atoms with Gasteiger partial charge in [-0.15, -0.1) is 0 Å². The van der Waals surface area contributed by atoms with Gasteiger partial charge in [-0.1, -0.05) is 26.2 Å². The van der Waals surface area contributed by atoms with Crippen LogP contribution in [0, 0.1) is 0 Å². The summed E-state index contributed by atoms with van der Waals surface area (Å²) in [6, 6.07) is 0. The molecule has 1 amide bonds. The largest absolute Gasteiger partial charge is 0.381 e. The number of amides is 1. The zero-order valence-corrected chi connectivity index (χ0v) is 11.2. The van der Waals surface area contributed by atoms with Crippen LogP contribution in [0.5, 0.6) is 0 Å². The van der Waals surface area contributed by atoms with Gasteiger partial charge in [-0.05, 0) is 25.7 Å². The number of ether oxygens (including phenoxy) is 1. The fourth-order valence-electron chi connectivity index (χ4n) is 2.19. The van der Waals surface area contributed by atoms with E-state index in [-0.39, 0.29) is 5.91 Å². The van der Waals surface area contributed by atoms with E-state index in [1.807, 2.05) is 4.90 Å². The van der Waals surface area contributed by atoms with Crippen molar-refractivity contribution in [3.63, 3.8) is 0 Å². The van der Waals surface area contributed by atoms with E-state index >= 15 is 0 Å². The van der Waals surface area contributed by atoms with E-state index < -0.39 is 0 Å². The normalized spacial score (nSPS) is 16.2. The number of piperidine rings is 1. The number of likely N-dealkylation sites (tertiary alicyclic amines) is 1. The van der Waals surface area contributed by atoms with Gasteiger partial charge in [-0.3, -0.25) is 4.79 Å². The Hall–Kier alpha value is -0.570. The summed E-state index contributed by atoms with van der Waals surface area (Å²) in [7, 11) is 0. The van der Waals surface area contributed by atoms with Gasteiger partial charge in [0.2, 0.25) is 5.91 Å². The molecule has 3 nitrogen and oxygen atoms in total. The number of nitrogens with zero attached hydrogens (tertiary/aromatic N) is 1. The lowest BCUT2D eigenvalue weighted by Crippen LogP contribution is -2.36. The molecule has 1 fully saturated rings. The van der Waals surface area contributed by atoms with Gasteiger partial charge < -0.3 is 9.64 Å². The first-order valence-corrected chi connectivity index (χ1v) is 7.20. The highest BCUT2D eigenvalue weighted by Gasteiger charge is 2.15. The van der Waals surface area contributed by atoms with Crippen molar-refractivity contribution >= 4 is 5.91 Å². The molecule has 0 atom stereocenters. The van der Waals surface area contributed by atoms with Crippen LogP contribution < -0.4 is 0 Å². The van der Waals surface area contributed by atoms with E-state index in [9.17, 15) is 4.79 Å². The lowest BCUT2D eigenvalue weighted by molar-refractivity contribution is -0.133. The molecule has 1 aliphatic rings. The molecule has 0 unspecified atom stereocenters. The van der Waals surface area contributed by atoms with Crippen molar-refractivity contribution in [3.05, 3.63) is 0 Å². The molecule has 1 heterocycles. The molecule has 0 N–H and O–H groups in total. The molecule has 17 heavy (non-hydrogen) atoms. The summed E-state index contributed by atoms with van der Waals surface area (Å²) < 4.78 is 5.49. The minimum Gasteiger partial charge on any atom is -0.381 e. The second kappa shape index (κ2) is 9.46. The lowest BCUT2D eigenvalue weighted by Gasteiger charge is -2.26. The Kier molecular flexibility index (Phi) is 8.06. The Balaban J connectivity index is 1.92. The standard InChI is InChI=1S/C14H27NO2/c1-2-3-4-8-12-17-13-9-14(16)15-10-6-5-7-11-15/h2-13H2,1H3. The Labute approximate surface area is 106 Å². The maximum Gasteiger partial charge on any atom is 0.224 e. The number of hydrogen-bond acceptors (Lipinski definition) is 2. The molecular formula is C14H27NO2. The maximum atomic E-state index is 11.8. The van der Waals surface area contributed by atoms with Crippen LogP contribution in [0.15, 0.2) is 0 Å².